The van der Waals surface area contributed by atoms with E-state index in [1.54, 1.807) is 0 Å². The first-order valence-corrected chi connectivity index (χ1v) is 6.42. The van der Waals surface area contributed by atoms with Crippen molar-refractivity contribution in [2.45, 2.75) is 25.4 Å². The normalized spacial score (nSPS) is 15.1. The second-order valence-corrected chi connectivity index (χ2v) is 5.10. The molecule has 1 N–H and O–H groups in total. The molecule has 0 amide bonds. The molecule has 1 aromatic carbocycles. The minimum atomic E-state index is 0.568. The van der Waals surface area contributed by atoms with Gasteiger partial charge in [0.05, 0.1) is 6.54 Å². The van der Waals surface area contributed by atoms with Crippen LogP contribution in [-0.4, -0.2) is 16.2 Å². The molecule has 1 aromatic heterocycles. The number of nitrogens with one attached hydrogen (secondary N) is 1. The molecule has 0 radical (unpaired) electrons. The molecule has 0 aliphatic heterocycles. The molecule has 1 aliphatic carbocycles. The summed E-state index contributed by atoms with van der Waals surface area (Å²) in [6, 6.07) is 8.49. The van der Waals surface area contributed by atoms with Gasteiger partial charge in [-0.2, -0.15) is 4.98 Å². The van der Waals surface area contributed by atoms with Crippen LogP contribution in [-0.2, 0) is 6.54 Å². The summed E-state index contributed by atoms with van der Waals surface area (Å²) in [5, 5.41) is 7.31. The van der Waals surface area contributed by atoms with Gasteiger partial charge >= 0.3 is 0 Å². The van der Waals surface area contributed by atoms with Crippen LogP contribution in [0.25, 0.3) is 11.5 Å². The molecule has 1 heterocycles. The summed E-state index contributed by atoms with van der Waals surface area (Å²) in [7, 11) is 0. The third-order valence-corrected chi connectivity index (χ3v) is 3.16. The standard InChI is InChI=1S/C12H12BrN3O/c13-9-3-1-2-8(6-9)12-15-11(16-17-12)7-14-10-4-5-10/h1-3,6,10,14H,4-5,7H2. The summed E-state index contributed by atoms with van der Waals surface area (Å²) in [5.41, 5.74) is 0.935. The number of rotatable bonds is 4. The van der Waals surface area contributed by atoms with E-state index in [0.29, 0.717) is 24.3 Å². The van der Waals surface area contributed by atoms with E-state index < -0.39 is 0 Å². The third-order valence-electron chi connectivity index (χ3n) is 2.67. The molecule has 1 fully saturated rings. The Hall–Kier alpha value is -1.20. The van der Waals surface area contributed by atoms with E-state index in [2.05, 4.69) is 31.4 Å². The lowest BCUT2D eigenvalue weighted by Gasteiger charge is -1.95. The number of aromatic nitrogens is 2. The molecule has 0 spiro atoms. The Balaban J connectivity index is 1.74. The predicted molar refractivity (Wildman–Crippen MR) is 67.3 cm³/mol. The van der Waals surface area contributed by atoms with Crippen molar-refractivity contribution < 1.29 is 4.52 Å². The van der Waals surface area contributed by atoms with E-state index >= 15 is 0 Å². The zero-order valence-electron chi connectivity index (χ0n) is 9.19. The maximum Gasteiger partial charge on any atom is 0.258 e. The second-order valence-electron chi connectivity index (χ2n) is 4.18. The van der Waals surface area contributed by atoms with Crippen LogP contribution in [0.4, 0.5) is 0 Å². The first-order chi connectivity index (χ1) is 8.31. The van der Waals surface area contributed by atoms with Crippen LogP contribution < -0.4 is 5.32 Å². The second kappa shape index (κ2) is 4.58. The highest BCUT2D eigenvalue weighted by Crippen LogP contribution is 2.22. The van der Waals surface area contributed by atoms with Gasteiger partial charge in [0.15, 0.2) is 5.82 Å². The molecule has 17 heavy (non-hydrogen) atoms. The summed E-state index contributed by atoms with van der Waals surface area (Å²) in [6.45, 7) is 0.683. The SMILES string of the molecule is Brc1cccc(-c2nc(CNC3CC3)no2)c1. The van der Waals surface area contributed by atoms with E-state index in [0.717, 1.165) is 10.0 Å². The molecule has 0 atom stereocenters. The van der Waals surface area contributed by atoms with Crippen LogP contribution in [0, 0.1) is 0 Å². The van der Waals surface area contributed by atoms with E-state index in [1.165, 1.54) is 12.8 Å². The van der Waals surface area contributed by atoms with Crippen molar-refractivity contribution in [1.29, 1.82) is 0 Å². The van der Waals surface area contributed by atoms with Crippen molar-refractivity contribution in [3.63, 3.8) is 0 Å². The first-order valence-electron chi connectivity index (χ1n) is 5.63. The Morgan fingerprint density at radius 2 is 2.29 bits per heavy atom. The zero-order chi connectivity index (χ0) is 11.7. The molecule has 2 aromatic rings. The first kappa shape index (κ1) is 10.9. The topological polar surface area (TPSA) is 51.0 Å². The van der Waals surface area contributed by atoms with Gasteiger partial charge in [-0.05, 0) is 31.0 Å². The van der Waals surface area contributed by atoms with E-state index in [1.807, 2.05) is 24.3 Å². The average molecular weight is 294 g/mol. The highest BCUT2D eigenvalue weighted by atomic mass is 79.9. The van der Waals surface area contributed by atoms with Gasteiger partial charge in [-0.1, -0.05) is 27.2 Å². The molecule has 5 heteroatoms. The summed E-state index contributed by atoms with van der Waals surface area (Å²) < 4.78 is 6.24. The lowest BCUT2D eigenvalue weighted by atomic mass is 10.2. The number of benzene rings is 1. The third kappa shape index (κ3) is 2.73. The van der Waals surface area contributed by atoms with E-state index in [9.17, 15) is 0 Å². The van der Waals surface area contributed by atoms with Crippen molar-refractivity contribution in [2.75, 3.05) is 0 Å². The van der Waals surface area contributed by atoms with Gasteiger partial charge in [0.2, 0.25) is 0 Å². The molecule has 3 rings (SSSR count). The number of hydrogen-bond acceptors (Lipinski definition) is 4. The van der Waals surface area contributed by atoms with Crippen molar-refractivity contribution in [1.82, 2.24) is 15.5 Å². The fourth-order valence-corrected chi connectivity index (χ4v) is 1.99. The monoisotopic (exact) mass is 293 g/mol. The van der Waals surface area contributed by atoms with Crippen LogP contribution >= 0.6 is 15.9 Å². The highest BCUT2D eigenvalue weighted by molar-refractivity contribution is 9.10. The number of nitrogens with zero attached hydrogens (tertiary/aromatic N) is 2. The molecule has 0 bridgehead atoms. The number of halogens is 1. The highest BCUT2D eigenvalue weighted by Gasteiger charge is 2.21. The minimum Gasteiger partial charge on any atom is -0.334 e. The fourth-order valence-electron chi connectivity index (χ4n) is 1.59. The van der Waals surface area contributed by atoms with Gasteiger partial charge < -0.3 is 9.84 Å². The Morgan fingerprint density at radius 1 is 1.41 bits per heavy atom. The summed E-state index contributed by atoms with van der Waals surface area (Å²) in [4.78, 5) is 4.36. The van der Waals surface area contributed by atoms with E-state index in [-0.39, 0.29) is 0 Å². The van der Waals surface area contributed by atoms with Crippen molar-refractivity contribution in [2.24, 2.45) is 0 Å². The molecular weight excluding hydrogens is 282 g/mol. The minimum absolute atomic E-state index is 0.568. The number of hydrogen-bond donors (Lipinski definition) is 1. The summed E-state index contributed by atoms with van der Waals surface area (Å²) in [5.74, 6) is 1.28. The van der Waals surface area contributed by atoms with Crippen LogP contribution in [0.15, 0.2) is 33.3 Å². The zero-order valence-corrected chi connectivity index (χ0v) is 10.8. The molecule has 88 valence electrons. The smallest absolute Gasteiger partial charge is 0.258 e. The van der Waals surface area contributed by atoms with Crippen LogP contribution in [0.5, 0.6) is 0 Å². The van der Waals surface area contributed by atoms with Gasteiger partial charge in [-0.3, -0.25) is 0 Å². The van der Waals surface area contributed by atoms with Crippen molar-refractivity contribution >= 4 is 15.9 Å². The largest absolute Gasteiger partial charge is 0.334 e. The van der Waals surface area contributed by atoms with Crippen LogP contribution in [0.3, 0.4) is 0 Å². The Labute approximate surface area is 108 Å². The van der Waals surface area contributed by atoms with Gasteiger partial charge in [0.1, 0.15) is 0 Å². The van der Waals surface area contributed by atoms with Crippen LogP contribution in [0.2, 0.25) is 0 Å². The van der Waals surface area contributed by atoms with Gasteiger partial charge in [-0.25, -0.2) is 0 Å². The van der Waals surface area contributed by atoms with Gasteiger partial charge in [-0.15, -0.1) is 0 Å². The summed E-state index contributed by atoms with van der Waals surface area (Å²) >= 11 is 3.42. The average Bonchev–Trinajstić information content (AvgIpc) is 3.04. The van der Waals surface area contributed by atoms with Gasteiger partial charge in [0, 0.05) is 16.1 Å². The molecule has 0 saturated heterocycles. The maximum atomic E-state index is 5.24. The quantitative estimate of drug-likeness (QED) is 0.942. The molecule has 1 aliphatic rings. The molecule has 4 nitrogen and oxygen atoms in total. The lowest BCUT2D eigenvalue weighted by Crippen LogP contribution is -2.16. The maximum absolute atomic E-state index is 5.24. The van der Waals surface area contributed by atoms with Crippen molar-refractivity contribution in [3.8, 4) is 11.5 Å². The Bertz CT molecular complexity index is 522. The van der Waals surface area contributed by atoms with E-state index in [4.69, 9.17) is 4.52 Å². The lowest BCUT2D eigenvalue weighted by molar-refractivity contribution is 0.419. The molecule has 1 saturated carbocycles. The fraction of sp³-hybridized carbons (Fsp3) is 0.333. The Kier molecular flexibility index (Phi) is 2.94. The molecular formula is C12H12BrN3O. The van der Waals surface area contributed by atoms with Crippen LogP contribution in [0.1, 0.15) is 18.7 Å². The van der Waals surface area contributed by atoms with Gasteiger partial charge in [0.25, 0.3) is 5.89 Å². The summed E-state index contributed by atoms with van der Waals surface area (Å²) in [6.07, 6.45) is 2.52. The van der Waals surface area contributed by atoms with Crippen molar-refractivity contribution in [3.05, 3.63) is 34.6 Å². The predicted octanol–water partition coefficient (Wildman–Crippen LogP) is 2.75. The molecule has 0 unspecified atom stereocenters. The Morgan fingerprint density at radius 3 is 3.06 bits per heavy atom.